The Labute approximate surface area is 144 Å². The summed E-state index contributed by atoms with van der Waals surface area (Å²) in [6.45, 7) is 0. The van der Waals surface area contributed by atoms with Crippen LogP contribution in [0.3, 0.4) is 0 Å². The lowest BCUT2D eigenvalue weighted by atomic mass is 10.0. The monoisotopic (exact) mass is 339 g/mol. The zero-order valence-corrected chi connectivity index (χ0v) is 14.1. The molecule has 128 valence electrons. The number of fused-ring (bicyclic) bond motifs is 1. The third kappa shape index (κ3) is 3.06. The number of carbonyl (C=O) groups is 1. The van der Waals surface area contributed by atoms with E-state index in [1.807, 2.05) is 0 Å². The molecule has 0 aliphatic heterocycles. The fourth-order valence-corrected chi connectivity index (χ4v) is 2.66. The Kier molecular flexibility index (Phi) is 4.43. The molecule has 25 heavy (non-hydrogen) atoms. The molecule has 3 aromatic rings. The molecule has 3 rings (SSSR count). The number of pyridine rings is 1. The third-order valence-corrected chi connectivity index (χ3v) is 3.93. The van der Waals surface area contributed by atoms with Crippen LogP contribution in [0.15, 0.2) is 42.5 Å². The summed E-state index contributed by atoms with van der Waals surface area (Å²) in [5.74, 6) is 0.733. The normalized spacial score (nSPS) is 10.5. The molecule has 2 aromatic carbocycles. The van der Waals surface area contributed by atoms with Gasteiger partial charge in [0.05, 0.1) is 38.1 Å². The number of benzene rings is 2. The number of aromatic carboxylic acids is 1. The average Bonchev–Trinajstić information content (AvgIpc) is 2.65. The smallest absolute Gasteiger partial charge is 0.336 e. The Bertz CT molecular complexity index is 952. The molecule has 6 nitrogen and oxygen atoms in total. The molecule has 0 unspecified atom stereocenters. The van der Waals surface area contributed by atoms with Gasteiger partial charge in [-0.2, -0.15) is 0 Å². The van der Waals surface area contributed by atoms with Gasteiger partial charge < -0.3 is 19.3 Å². The summed E-state index contributed by atoms with van der Waals surface area (Å²) in [6.07, 6.45) is 0. The molecular weight excluding hydrogens is 322 g/mol. The van der Waals surface area contributed by atoms with Crippen molar-refractivity contribution in [3.05, 3.63) is 48.0 Å². The predicted molar refractivity (Wildman–Crippen MR) is 93.8 cm³/mol. The quantitative estimate of drug-likeness (QED) is 0.765. The Morgan fingerprint density at radius 2 is 1.68 bits per heavy atom. The van der Waals surface area contributed by atoms with E-state index in [0.29, 0.717) is 33.8 Å². The van der Waals surface area contributed by atoms with Crippen molar-refractivity contribution >= 4 is 16.9 Å². The molecule has 1 aromatic heterocycles. The van der Waals surface area contributed by atoms with Gasteiger partial charge in [0, 0.05) is 17.0 Å². The van der Waals surface area contributed by atoms with Gasteiger partial charge in [0.25, 0.3) is 0 Å². The number of carboxylic acids is 1. The number of aromatic nitrogens is 1. The van der Waals surface area contributed by atoms with Crippen LogP contribution in [0.2, 0.25) is 0 Å². The Morgan fingerprint density at radius 3 is 2.32 bits per heavy atom. The molecule has 0 amide bonds. The van der Waals surface area contributed by atoms with Crippen molar-refractivity contribution < 1.29 is 24.1 Å². The lowest BCUT2D eigenvalue weighted by molar-refractivity contribution is 0.0699. The van der Waals surface area contributed by atoms with Gasteiger partial charge in [-0.05, 0) is 36.4 Å². The molecule has 1 heterocycles. The summed E-state index contributed by atoms with van der Waals surface area (Å²) in [5, 5.41) is 10.1. The summed E-state index contributed by atoms with van der Waals surface area (Å²) in [5.41, 5.74) is 1.98. The largest absolute Gasteiger partial charge is 0.497 e. The van der Waals surface area contributed by atoms with E-state index < -0.39 is 5.97 Å². The highest BCUT2D eigenvalue weighted by Crippen LogP contribution is 2.33. The molecule has 0 atom stereocenters. The van der Waals surface area contributed by atoms with Crippen molar-refractivity contribution in [2.45, 2.75) is 0 Å². The first kappa shape index (κ1) is 16.6. The van der Waals surface area contributed by atoms with E-state index in [-0.39, 0.29) is 5.56 Å². The zero-order chi connectivity index (χ0) is 18.0. The molecule has 0 radical (unpaired) electrons. The SMILES string of the molecule is COc1ccc2c(C(=O)O)cc(-c3ccc(OC)c(OC)c3)nc2c1. The van der Waals surface area contributed by atoms with E-state index in [2.05, 4.69) is 4.98 Å². The fourth-order valence-electron chi connectivity index (χ4n) is 2.66. The number of rotatable bonds is 5. The minimum absolute atomic E-state index is 0.178. The van der Waals surface area contributed by atoms with E-state index in [0.717, 1.165) is 5.56 Å². The number of methoxy groups -OCH3 is 3. The third-order valence-electron chi connectivity index (χ3n) is 3.93. The Morgan fingerprint density at radius 1 is 0.920 bits per heavy atom. The summed E-state index contributed by atoms with van der Waals surface area (Å²) >= 11 is 0. The van der Waals surface area contributed by atoms with Crippen molar-refractivity contribution in [3.8, 4) is 28.5 Å². The molecule has 0 saturated carbocycles. The Balaban J connectivity index is 2.24. The minimum atomic E-state index is -1.01. The van der Waals surface area contributed by atoms with Crippen LogP contribution in [-0.2, 0) is 0 Å². The summed E-state index contributed by atoms with van der Waals surface area (Å²) in [7, 11) is 4.65. The molecule has 0 aliphatic carbocycles. The average molecular weight is 339 g/mol. The van der Waals surface area contributed by atoms with Gasteiger partial charge in [0.15, 0.2) is 11.5 Å². The summed E-state index contributed by atoms with van der Waals surface area (Å²) in [6, 6.07) is 12.0. The van der Waals surface area contributed by atoms with Crippen LogP contribution >= 0.6 is 0 Å². The first-order valence-corrected chi connectivity index (χ1v) is 7.52. The highest BCUT2D eigenvalue weighted by atomic mass is 16.5. The van der Waals surface area contributed by atoms with Crippen molar-refractivity contribution in [2.24, 2.45) is 0 Å². The molecule has 0 aliphatic rings. The molecule has 6 heteroatoms. The number of carboxylic acid groups (broad SMARTS) is 1. The molecule has 0 fully saturated rings. The van der Waals surface area contributed by atoms with Crippen LogP contribution in [0.4, 0.5) is 0 Å². The lowest BCUT2D eigenvalue weighted by Crippen LogP contribution is -2.01. The highest BCUT2D eigenvalue weighted by Gasteiger charge is 2.15. The number of ether oxygens (including phenoxy) is 3. The van der Waals surface area contributed by atoms with E-state index in [1.165, 1.54) is 0 Å². The first-order chi connectivity index (χ1) is 12.1. The van der Waals surface area contributed by atoms with Crippen molar-refractivity contribution in [3.63, 3.8) is 0 Å². The molecular formula is C19H17NO5. The van der Waals surface area contributed by atoms with Crippen LogP contribution < -0.4 is 14.2 Å². The maximum atomic E-state index is 11.7. The summed E-state index contributed by atoms with van der Waals surface area (Å²) in [4.78, 5) is 16.3. The second-order valence-corrected chi connectivity index (χ2v) is 5.31. The van der Waals surface area contributed by atoms with Crippen LogP contribution in [0.25, 0.3) is 22.2 Å². The second-order valence-electron chi connectivity index (χ2n) is 5.31. The minimum Gasteiger partial charge on any atom is -0.497 e. The molecule has 0 spiro atoms. The maximum Gasteiger partial charge on any atom is 0.336 e. The van der Waals surface area contributed by atoms with Gasteiger partial charge in [0.1, 0.15) is 5.75 Å². The number of nitrogens with zero attached hydrogens (tertiary/aromatic N) is 1. The van der Waals surface area contributed by atoms with Gasteiger partial charge in [-0.25, -0.2) is 9.78 Å². The maximum absolute atomic E-state index is 11.7. The van der Waals surface area contributed by atoms with Gasteiger partial charge in [0.2, 0.25) is 0 Å². The fraction of sp³-hybridized carbons (Fsp3) is 0.158. The van der Waals surface area contributed by atoms with Crippen molar-refractivity contribution in [2.75, 3.05) is 21.3 Å². The zero-order valence-electron chi connectivity index (χ0n) is 14.1. The van der Waals surface area contributed by atoms with Crippen LogP contribution in [0, 0.1) is 0 Å². The molecule has 0 bridgehead atoms. The van der Waals surface area contributed by atoms with Crippen molar-refractivity contribution in [1.82, 2.24) is 4.98 Å². The Hall–Kier alpha value is -3.28. The summed E-state index contributed by atoms with van der Waals surface area (Å²) < 4.78 is 15.8. The van der Waals surface area contributed by atoms with E-state index in [1.54, 1.807) is 63.8 Å². The first-order valence-electron chi connectivity index (χ1n) is 7.52. The van der Waals surface area contributed by atoms with Gasteiger partial charge in [-0.3, -0.25) is 0 Å². The molecule has 1 N–H and O–H groups in total. The van der Waals surface area contributed by atoms with E-state index in [9.17, 15) is 9.90 Å². The standard InChI is InChI=1S/C19H17NO5/c1-23-12-5-6-13-14(19(21)22)10-15(20-16(13)9-12)11-4-7-17(24-2)18(8-11)25-3/h4-10H,1-3H3,(H,21,22). The van der Waals surface area contributed by atoms with Crippen LogP contribution in [0.5, 0.6) is 17.2 Å². The van der Waals surface area contributed by atoms with Crippen LogP contribution in [-0.4, -0.2) is 37.4 Å². The van der Waals surface area contributed by atoms with Crippen molar-refractivity contribution in [1.29, 1.82) is 0 Å². The number of hydrogen-bond donors (Lipinski definition) is 1. The van der Waals surface area contributed by atoms with Gasteiger partial charge >= 0.3 is 5.97 Å². The second kappa shape index (κ2) is 6.68. The van der Waals surface area contributed by atoms with Crippen LogP contribution in [0.1, 0.15) is 10.4 Å². The topological polar surface area (TPSA) is 77.9 Å². The lowest BCUT2D eigenvalue weighted by Gasteiger charge is -2.11. The van der Waals surface area contributed by atoms with Gasteiger partial charge in [-0.15, -0.1) is 0 Å². The highest BCUT2D eigenvalue weighted by molar-refractivity contribution is 6.04. The predicted octanol–water partition coefficient (Wildman–Crippen LogP) is 3.63. The molecule has 0 saturated heterocycles. The van der Waals surface area contributed by atoms with Gasteiger partial charge in [-0.1, -0.05) is 0 Å². The van der Waals surface area contributed by atoms with E-state index >= 15 is 0 Å². The number of hydrogen-bond acceptors (Lipinski definition) is 5. The van der Waals surface area contributed by atoms with E-state index in [4.69, 9.17) is 14.2 Å².